The standard InChI is InChI=1S/C34H40N4O8/c1-5-7-9-11-13-30(35-45-23(3)39)33(41)25-15-20-32-28(21-25)29(22-37(32)26-16-18-27(19-17-26)38(43)44)34(42)31(36-46-24(4)40)14-12-10-8-6-2/h15-22H,5-14H2,1-4H3/b35-30+,36-31+. The number of hydrogen-bond acceptors (Lipinski definition) is 10. The van der Waals surface area contributed by atoms with Crippen LogP contribution in [0.4, 0.5) is 5.69 Å². The lowest BCUT2D eigenvalue weighted by Crippen LogP contribution is -2.17. The number of fused-ring (bicyclic) bond motifs is 1. The van der Waals surface area contributed by atoms with Crippen LogP contribution in [0.25, 0.3) is 16.6 Å². The summed E-state index contributed by atoms with van der Waals surface area (Å²) in [5.74, 6) is -2.25. The van der Waals surface area contributed by atoms with Crippen LogP contribution in [0, 0.1) is 10.1 Å². The molecule has 2 aromatic carbocycles. The Balaban J connectivity index is 2.15. The molecule has 0 fully saturated rings. The molecule has 244 valence electrons. The maximum atomic E-state index is 14.0. The van der Waals surface area contributed by atoms with E-state index >= 15 is 0 Å². The zero-order chi connectivity index (χ0) is 33.6. The maximum absolute atomic E-state index is 14.0. The maximum Gasteiger partial charge on any atom is 0.331 e. The fourth-order valence-corrected chi connectivity index (χ4v) is 4.90. The van der Waals surface area contributed by atoms with Gasteiger partial charge in [-0.25, -0.2) is 9.59 Å². The van der Waals surface area contributed by atoms with Gasteiger partial charge in [-0.15, -0.1) is 0 Å². The minimum Gasteiger partial charge on any atom is -0.318 e. The van der Waals surface area contributed by atoms with E-state index in [1.807, 2.05) is 0 Å². The Kier molecular flexibility index (Phi) is 13.5. The summed E-state index contributed by atoms with van der Waals surface area (Å²) in [6.45, 7) is 6.53. The highest BCUT2D eigenvalue weighted by molar-refractivity contribution is 6.48. The van der Waals surface area contributed by atoms with Crippen molar-refractivity contribution in [3.05, 3.63) is 69.9 Å². The Labute approximate surface area is 267 Å². The molecular weight excluding hydrogens is 592 g/mol. The summed E-state index contributed by atoms with van der Waals surface area (Å²) in [7, 11) is 0. The van der Waals surface area contributed by atoms with Crippen LogP contribution in [0.2, 0.25) is 0 Å². The smallest absolute Gasteiger partial charge is 0.318 e. The number of ketones is 2. The third-order valence-corrected chi connectivity index (χ3v) is 7.28. The lowest BCUT2D eigenvalue weighted by Gasteiger charge is -2.08. The van der Waals surface area contributed by atoms with Crippen molar-refractivity contribution in [3.63, 3.8) is 0 Å². The number of carbonyl (C=O) groups is 4. The molecule has 12 heteroatoms. The van der Waals surface area contributed by atoms with Gasteiger partial charge in [-0.1, -0.05) is 62.7 Å². The molecule has 1 heterocycles. The minimum absolute atomic E-state index is 0.0545. The SMILES string of the molecule is CCCCCC/C(=N\OC(C)=O)C(=O)c1ccc2c(c1)c(C(=O)/C(CCCCCC)=N/OC(C)=O)cn2-c1ccc([N+](=O)[O-])cc1. The van der Waals surface area contributed by atoms with Crippen LogP contribution >= 0.6 is 0 Å². The molecule has 0 radical (unpaired) electrons. The molecule has 3 aromatic rings. The molecule has 0 N–H and O–H groups in total. The zero-order valence-corrected chi connectivity index (χ0v) is 26.7. The molecule has 12 nitrogen and oxygen atoms in total. The van der Waals surface area contributed by atoms with Crippen molar-refractivity contribution in [2.45, 2.75) is 91.9 Å². The van der Waals surface area contributed by atoms with E-state index in [1.54, 1.807) is 41.1 Å². The fourth-order valence-electron chi connectivity index (χ4n) is 4.90. The summed E-state index contributed by atoms with van der Waals surface area (Å²) < 4.78 is 1.69. The van der Waals surface area contributed by atoms with Gasteiger partial charge in [-0.05, 0) is 56.0 Å². The number of Topliss-reactive ketones (excluding diaryl/α,β-unsaturated/α-hetero) is 2. The van der Waals surface area contributed by atoms with Gasteiger partial charge in [0.1, 0.15) is 11.4 Å². The number of hydrogen-bond donors (Lipinski definition) is 0. The number of non-ortho nitro benzene ring substituents is 1. The second kappa shape index (κ2) is 17.5. The van der Waals surface area contributed by atoms with Crippen LogP contribution in [-0.2, 0) is 19.3 Å². The van der Waals surface area contributed by atoms with Gasteiger partial charge in [0.25, 0.3) is 5.69 Å². The third kappa shape index (κ3) is 9.75. The van der Waals surface area contributed by atoms with Crippen LogP contribution in [0.5, 0.6) is 0 Å². The van der Waals surface area contributed by atoms with E-state index in [-0.39, 0.29) is 34.7 Å². The summed E-state index contributed by atoms with van der Waals surface area (Å²) in [6, 6.07) is 10.7. The van der Waals surface area contributed by atoms with E-state index in [1.165, 1.54) is 26.0 Å². The average molecular weight is 633 g/mol. The third-order valence-electron chi connectivity index (χ3n) is 7.28. The van der Waals surface area contributed by atoms with Crippen molar-refractivity contribution < 1.29 is 33.8 Å². The van der Waals surface area contributed by atoms with Gasteiger partial charge >= 0.3 is 11.9 Å². The molecule has 0 bridgehead atoms. The quantitative estimate of drug-likeness (QED) is 0.0345. The predicted molar refractivity (Wildman–Crippen MR) is 175 cm³/mol. The van der Waals surface area contributed by atoms with Crippen LogP contribution in [0.3, 0.4) is 0 Å². The van der Waals surface area contributed by atoms with E-state index in [4.69, 9.17) is 9.68 Å². The zero-order valence-electron chi connectivity index (χ0n) is 26.7. The molecular formula is C34H40N4O8. The molecule has 0 atom stereocenters. The van der Waals surface area contributed by atoms with E-state index < -0.39 is 28.4 Å². The first-order chi connectivity index (χ1) is 22.1. The number of rotatable bonds is 18. The summed E-state index contributed by atoms with van der Waals surface area (Å²) in [4.78, 5) is 71.2. The molecule has 0 saturated carbocycles. The van der Waals surface area contributed by atoms with Gasteiger partial charge in [0.2, 0.25) is 11.6 Å². The summed E-state index contributed by atoms with van der Waals surface area (Å²) in [6.07, 6.45) is 9.16. The molecule has 0 aliphatic carbocycles. The van der Waals surface area contributed by atoms with Gasteiger partial charge < -0.3 is 14.2 Å². The molecule has 1 aromatic heterocycles. The molecule has 0 unspecified atom stereocenters. The molecule has 0 amide bonds. The summed E-state index contributed by atoms with van der Waals surface area (Å²) in [5.41, 5.74) is 1.57. The molecule has 46 heavy (non-hydrogen) atoms. The van der Waals surface area contributed by atoms with Gasteiger partial charge in [0, 0.05) is 54.4 Å². The number of unbranched alkanes of at least 4 members (excludes halogenated alkanes) is 6. The molecule has 0 saturated heterocycles. The second-order valence-electron chi connectivity index (χ2n) is 10.9. The summed E-state index contributed by atoms with van der Waals surface area (Å²) in [5, 5.41) is 19.4. The van der Waals surface area contributed by atoms with E-state index in [0.29, 0.717) is 35.9 Å². The minimum atomic E-state index is -0.668. The topological polar surface area (TPSA) is 160 Å². The highest BCUT2D eigenvalue weighted by atomic mass is 16.7. The Morgan fingerprint density at radius 1 is 0.761 bits per heavy atom. The number of nitrogens with zero attached hydrogens (tertiary/aromatic N) is 4. The van der Waals surface area contributed by atoms with Crippen molar-refractivity contribution in [2.75, 3.05) is 0 Å². The lowest BCUT2D eigenvalue weighted by atomic mass is 9.97. The van der Waals surface area contributed by atoms with Crippen LogP contribution < -0.4 is 0 Å². The number of aromatic nitrogens is 1. The molecule has 0 aliphatic heterocycles. The predicted octanol–water partition coefficient (Wildman–Crippen LogP) is 7.68. The summed E-state index contributed by atoms with van der Waals surface area (Å²) >= 11 is 0. The van der Waals surface area contributed by atoms with Crippen molar-refractivity contribution >= 4 is 51.5 Å². The largest absolute Gasteiger partial charge is 0.331 e. The number of nitro groups is 1. The van der Waals surface area contributed by atoms with Crippen molar-refractivity contribution in [1.82, 2.24) is 4.57 Å². The Bertz CT molecular complexity index is 1640. The fraction of sp³-hybridized carbons (Fsp3) is 0.412. The van der Waals surface area contributed by atoms with Gasteiger partial charge in [-0.2, -0.15) is 0 Å². The Hall–Kier alpha value is -5.00. The monoisotopic (exact) mass is 632 g/mol. The molecule has 0 spiro atoms. The van der Waals surface area contributed by atoms with Crippen molar-refractivity contribution in [2.24, 2.45) is 10.3 Å². The number of carbonyl (C=O) groups excluding carboxylic acids is 4. The van der Waals surface area contributed by atoms with Gasteiger partial charge in [0.05, 0.1) is 10.4 Å². The van der Waals surface area contributed by atoms with Crippen molar-refractivity contribution in [1.29, 1.82) is 0 Å². The van der Waals surface area contributed by atoms with Crippen molar-refractivity contribution in [3.8, 4) is 5.69 Å². The van der Waals surface area contributed by atoms with Crippen LogP contribution in [0.15, 0.2) is 59.0 Å². The molecule has 3 rings (SSSR count). The van der Waals surface area contributed by atoms with E-state index in [2.05, 4.69) is 24.2 Å². The first kappa shape index (κ1) is 35.5. The number of benzene rings is 2. The number of nitro benzene ring substituents is 1. The van der Waals surface area contributed by atoms with Crippen LogP contribution in [0.1, 0.15) is 113 Å². The Morgan fingerprint density at radius 2 is 1.30 bits per heavy atom. The van der Waals surface area contributed by atoms with E-state index in [9.17, 15) is 29.3 Å². The Morgan fingerprint density at radius 3 is 1.80 bits per heavy atom. The van der Waals surface area contributed by atoms with Gasteiger partial charge in [0.15, 0.2) is 0 Å². The average Bonchev–Trinajstić information content (AvgIpc) is 3.42. The lowest BCUT2D eigenvalue weighted by molar-refractivity contribution is -0.384. The number of oxime groups is 2. The first-order valence-electron chi connectivity index (χ1n) is 15.6. The molecule has 0 aliphatic rings. The van der Waals surface area contributed by atoms with Crippen LogP contribution in [-0.4, -0.2) is 44.4 Å². The first-order valence-corrected chi connectivity index (χ1v) is 15.6. The van der Waals surface area contributed by atoms with E-state index in [0.717, 1.165) is 38.5 Å². The highest BCUT2D eigenvalue weighted by Crippen LogP contribution is 2.29. The normalized spacial score (nSPS) is 11.8. The second-order valence-corrected chi connectivity index (χ2v) is 10.9. The van der Waals surface area contributed by atoms with Gasteiger partial charge in [-0.3, -0.25) is 19.7 Å². The highest BCUT2D eigenvalue weighted by Gasteiger charge is 2.24.